The Bertz CT molecular complexity index is 3450. The molecule has 0 aliphatic heterocycles. The van der Waals surface area contributed by atoms with E-state index in [0.717, 1.165) is 22.4 Å². The van der Waals surface area contributed by atoms with Gasteiger partial charge in [0, 0.05) is 64.1 Å². The smallest absolute Gasteiger partial charge is 0.164 e. The van der Waals surface area contributed by atoms with Gasteiger partial charge in [-0.15, -0.1) is 11.3 Å². The fourth-order valence-electron chi connectivity index (χ4n) is 8.77. The highest BCUT2D eigenvalue weighted by molar-refractivity contribution is 7.27. The largest absolute Gasteiger partial charge is 0.308 e. The highest BCUT2D eigenvalue weighted by Gasteiger charge is 2.25. The van der Waals surface area contributed by atoms with E-state index in [9.17, 15) is 0 Å². The lowest BCUT2D eigenvalue weighted by Crippen LogP contribution is -2.00. The van der Waals surface area contributed by atoms with Crippen LogP contribution in [-0.4, -0.2) is 19.5 Å². The highest BCUT2D eigenvalue weighted by Crippen LogP contribution is 2.51. The topological polar surface area (TPSA) is 43.6 Å². The van der Waals surface area contributed by atoms with E-state index in [1.807, 2.05) is 72.0 Å². The first kappa shape index (κ1) is 31.2. The van der Waals surface area contributed by atoms with E-state index in [1.54, 1.807) is 0 Å². The molecular formula is C51H30N4S. The summed E-state index contributed by atoms with van der Waals surface area (Å²) in [5.41, 5.74) is 6.37. The van der Waals surface area contributed by atoms with Crippen molar-refractivity contribution in [2.24, 2.45) is 0 Å². The fourth-order valence-corrected chi connectivity index (χ4v) is 10.0. The van der Waals surface area contributed by atoms with Gasteiger partial charge in [-0.3, -0.25) is 0 Å². The minimum absolute atomic E-state index is 0.639. The Morgan fingerprint density at radius 1 is 0.321 bits per heavy atom. The molecule has 9 aromatic carbocycles. The van der Waals surface area contributed by atoms with Gasteiger partial charge in [-0.1, -0.05) is 152 Å². The van der Waals surface area contributed by atoms with Crippen molar-refractivity contribution in [3.05, 3.63) is 182 Å². The first-order chi connectivity index (χ1) is 27.8. The molecule has 0 unspecified atom stereocenters. The van der Waals surface area contributed by atoms with E-state index < -0.39 is 0 Å². The Morgan fingerprint density at radius 2 is 0.750 bits per heavy atom. The molecule has 0 saturated heterocycles. The van der Waals surface area contributed by atoms with E-state index >= 15 is 0 Å². The molecule has 5 heteroatoms. The van der Waals surface area contributed by atoms with E-state index in [0.29, 0.717) is 17.5 Å². The Morgan fingerprint density at radius 3 is 1.36 bits per heavy atom. The van der Waals surface area contributed by atoms with Crippen LogP contribution in [0.1, 0.15) is 0 Å². The number of rotatable bonds is 4. The second-order valence-corrected chi connectivity index (χ2v) is 15.4. The molecule has 3 heterocycles. The summed E-state index contributed by atoms with van der Waals surface area (Å²) < 4.78 is 5.14. The zero-order valence-electron chi connectivity index (χ0n) is 30.0. The maximum atomic E-state index is 5.04. The van der Waals surface area contributed by atoms with Gasteiger partial charge < -0.3 is 4.57 Å². The van der Waals surface area contributed by atoms with Crippen molar-refractivity contribution in [2.75, 3.05) is 0 Å². The molecule has 12 aromatic rings. The summed E-state index contributed by atoms with van der Waals surface area (Å²) >= 11 is 1.89. The second-order valence-electron chi connectivity index (χ2n) is 14.3. The van der Waals surface area contributed by atoms with Crippen molar-refractivity contribution >= 4 is 85.6 Å². The van der Waals surface area contributed by atoms with Crippen molar-refractivity contribution in [3.63, 3.8) is 0 Å². The molecule has 12 rings (SSSR count). The Hall–Kier alpha value is -7.21. The average Bonchev–Trinajstić information content (AvgIpc) is 3.85. The lowest BCUT2D eigenvalue weighted by molar-refractivity contribution is 1.07. The van der Waals surface area contributed by atoms with Crippen molar-refractivity contribution in [1.82, 2.24) is 19.5 Å². The lowest BCUT2D eigenvalue weighted by atomic mass is 9.94. The highest BCUT2D eigenvalue weighted by atomic mass is 32.1. The third kappa shape index (κ3) is 4.55. The number of thiophene rings is 1. The lowest BCUT2D eigenvalue weighted by Gasteiger charge is -2.13. The summed E-state index contributed by atoms with van der Waals surface area (Å²) in [6.07, 6.45) is 0. The van der Waals surface area contributed by atoms with Crippen molar-refractivity contribution in [1.29, 1.82) is 0 Å². The number of hydrogen-bond donors (Lipinski definition) is 0. The molecule has 0 aliphatic carbocycles. The zero-order chi connectivity index (χ0) is 36.7. The molecule has 0 radical (unpaired) electrons. The molecular weight excluding hydrogens is 701 g/mol. The van der Waals surface area contributed by atoms with Crippen molar-refractivity contribution in [3.8, 4) is 39.9 Å². The van der Waals surface area contributed by atoms with E-state index in [2.05, 4.69) is 126 Å². The van der Waals surface area contributed by atoms with Crippen molar-refractivity contribution < 1.29 is 0 Å². The average molecular weight is 731 g/mol. The van der Waals surface area contributed by atoms with Gasteiger partial charge in [-0.05, 0) is 51.9 Å². The molecule has 0 spiro atoms. The third-order valence-corrected chi connectivity index (χ3v) is 12.4. The Labute approximate surface area is 325 Å². The first-order valence-electron chi connectivity index (χ1n) is 18.9. The predicted molar refractivity (Wildman–Crippen MR) is 236 cm³/mol. The minimum Gasteiger partial charge on any atom is -0.308 e. The summed E-state index contributed by atoms with van der Waals surface area (Å²) in [7, 11) is 0. The SMILES string of the molecule is c1ccc(-c2nc(-c3ccccc3)nc(-c3ccc(-n4c5c6ccccc6c6ccccc6c5c5c6ccccc6c6sc7ccccc7c6c54)cc3)n2)cc1. The van der Waals surface area contributed by atoms with Gasteiger partial charge in [0.25, 0.3) is 0 Å². The number of benzene rings is 9. The summed E-state index contributed by atoms with van der Waals surface area (Å²) in [5, 5.41) is 12.7. The molecule has 0 bridgehead atoms. The Balaban J connectivity index is 1.20. The fraction of sp³-hybridized carbons (Fsp3) is 0. The molecule has 0 fully saturated rings. The van der Waals surface area contributed by atoms with Gasteiger partial charge in [0.05, 0.1) is 11.0 Å². The molecule has 0 saturated carbocycles. The predicted octanol–water partition coefficient (Wildman–Crippen LogP) is 13.8. The molecule has 0 amide bonds. The quantitative estimate of drug-likeness (QED) is 0.169. The molecule has 3 aromatic heterocycles. The number of fused-ring (bicyclic) bond motifs is 15. The maximum absolute atomic E-state index is 5.04. The third-order valence-electron chi connectivity index (χ3n) is 11.2. The van der Waals surface area contributed by atoms with E-state index in [4.69, 9.17) is 15.0 Å². The molecule has 0 N–H and O–H groups in total. The first-order valence-corrected chi connectivity index (χ1v) is 19.7. The summed E-state index contributed by atoms with van der Waals surface area (Å²) in [6.45, 7) is 0. The standard InChI is InChI=1S/C51H30N4S/c1-3-15-31(16-4-1)49-52-50(32-17-5-2-6-18-32)54-51(53-49)33-27-29-34(30-28-33)55-46-39-23-11-8-20-36(39)35-19-7-9-21-37(35)43(46)44-38-22-10-12-24-40(38)48-45(47(44)55)41-25-13-14-26-42(41)56-48/h1-30H. The number of aromatic nitrogens is 4. The van der Waals surface area contributed by atoms with Gasteiger partial charge in [-0.25, -0.2) is 15.0 Å². The monoisotopic (exact) mass is 730 g/mol. The molecule has 0 atom stereocenters. The van der Waals surface area contributed by atoms with Crippen LogP contribution >= 0.6 is 11.3 Å². The van der Waals surface area contributed by atoms with Crippen LogP contribution in [0.3, 0.4) is 0 Å². The van der Waals surface area contributed by atoms with Crippen LogP contribution in [0.15, 0.2) is 182 Å². The van der Waals surface area contributed by atoms with Crippen LogP contribution in [0.5, 0.6) is 0 Å². The summed E-state index contributed by atoms with van der Waals surface area (Å²) in [5.74, 6) is 1.94. The minimum atomic E-state index is 0.639. The molecule has 260 valence electrons. The van der Waals surface area contributed by atoms with Crippen LogP contribution in [0, 0.1) is 0 Å². The number of nitrogens with zero attached hydrogens (tertiary/aromatic N) is 4. The van der Waals surface area contributed by atoms with Crippen LogP contribution in [0.4, 0.5) is 0 Å². The Kier molecular flexibility index (Phi) is 6.76. The van der Waals surface area contributed by atoms with Gasteiger partial charge in [0.15, 0.2) is 17.5 Å². The van der Waals surface area contributed by atoms with Gasteiger partial charge in [0.2, 0.25) is 0 Å². The number of hydrogen-bond acceptors (Lipinski definition) is 4. The van der Waals surface area contributed by atoms with Crippen LogP contribution in [-0.2, 0) is 0 Å². The van der Waals surface area contributed by atoms with Crippen LogP contribution in [0.2, 0.25) is 0 Å². The summed E-state index contributed by atoms with van der Waals surface area (Å²) in [4.78, 5) is 15.0. The molecule has 56 heavy (non-hydrogen) atoms. The van der Waals surface area contributed by atoms with Crippen LogP contribution in [0.25, 0.3) is 114 Å². The second kappa shape index (κ2) is 12.2. The van der Waals surface area contributed by atoms with E-state index in [-0.39, 0.29) is 0 Å². The van der Waals surface area contributed by atoms with Crippen molar-refractivity contribution in [2.45, 2.75) is 0 Å². The zero-order valence-corrected chi connectivity index (χ0v) is 30.8. The van der Waals surface area contributed by atoms with E-state index in [1.165, 1.54) is 74.3 Å². The van der Waals surface area contributed by atoms with Gasteiger partial charge in [0.1, 0.15) is 0 Å². The summed E-state index contributed by atoms with van der Waals surface area (Å²) in [6, 6.07) is 64.8. The molecule has 0 aliphatic rings. The van der Waals surface area contributed by atoms with Gasteiger partial charge >= 0.3 is 0 Å². The normalized spacial score (nSPS) is 11.9. The molecule has 4 nitrogen and oxygen atoms in total. The maximum Gasteiger partial charge on any atom is 0.164 e. The van der Waals surface area contributed by atoms with Gasteiger partial charge in [-0.2, -0.15) is 0 Å². The van der Waals surface area contributed by atoms with Crippen LogP contribution < -0.4 is 0 Å².